The first-order chi connectivity index (χ1) is 13.9. The number of thiazole rings is 1. The molecule has 0 aliphatic heterocycles. The third-order valence-electron chi connectivity index (χ3n) is 3.87. The summed E-state index contributed by atoms with van der Waals surface area (Å²) in [6, 6.07) is 11.8. The Labute approximate surface area is 177 Å². The van der Waals surface area contributed by atoms with Crippen molar-refractivity contribution in [2.45, 2.75) is 13.3 Å². The minimum atomic E-state index is -0.439. The number of carbonyl (C=O) groups excluding carboxylic acids is 2. The zero-order valence-electron chi connectivity index (χ0n) is 15.8. The second-order valence-electron chi connectivity index (χ2n) is 6.14. The van der Waals surface area contributed by atoms with Crippen LogP contribution in [0.25, 0.3) is 0 Å². The van der Waals surface area contributed by atoms with Crippen molar-refractivity contribution in [1.29, 1.82) is 0 Å². The molecule has 1 aromatic heterocycles. The molecule has 3 rings (SSSR count). The number of hydrogen-bond donors (Lipinski definition) is 3. The van der Waals surface area contributed by atoms with E-state index < -0.39 is 6.03 Å². The Bertz CT molecular complexity index is 1040. The van der Waals surface area contributed by atoms with Gasteiger partial charge in [0.15, 0.2) is 5.13 Å². The molecule has 3 amide bonds. The van der Waals surface area contributed by atoms with E-state index in [1.165, 1.54) is 11.3 Å². The van der Waals surface area contributed by atoms with Crippen molar-refractivity contribution in [1.82, 2.24) is 4.98 Å². The van der Waals surface area contributed by atoms with Crippen LogP contribution in [-0.2, 0) is 11.2 Å². The SMILES string of the molecule is COc1ccc(NC(=O)Cc2csc(NC(=O)Nc3cccc(Cl)c3)n2)cc1C. The molecular formula is C20H19ClN4O3S. The minimum Gasteiger partial charge on any atom is -0.496 e. The van der Waals surface area contributed by atoms with Gasteiger partial charge in [-0.2, -0.15) is 0 Å². The molecule has 0 atom stereocenters. The van der Waals surface area contributed by atoms with Crippen LogP contribution in [0.5, 0.6) is 5.75 Å². The van der Waals surface area contributed by atoms with Gasteiger partial charge in [0.2, 0.25) is 5.91 Å². The van der Waals surface area contributed by atoms with Gasteiger partial charge in [-0.1, -0.05) is 17.7 Å². The van der Waals surface area contributed by atoms with Gasteiger partial charge in [0.1, 0.15) is 5.75 Å². The lowest BCUT2D eigenvalue weighted by Crippen LogP contribution is -2.19. The highest BCUT2D eigenvalue weighted by Crippen LogP contribution is 2.22. The summed E-state index contributed by atoms with van der Waals surface area (Å²) in [6.45, 7) is 1.90. The van der Waals surface area contributed by atoms with Gasteiger partial charge in [-0.15, -0.1) is 11.3 Å². The van der Waals surface area contributed by atoms with Crippen molar-refractivity contribution in [3.8, 4) is 5.75 Å². The smallest absolute Gasteiger partial charge is 0.325 e. The highest BCUT2D eigenvalue weighted by atomic mass is 35.5. The number of hydrogen-bond acceptors (Lipinski definition) is 5. The Hall–Kier alpha value is -3.10. The summed E-state index contributed by atoms with van der Waals surface area (Å²) in [5.41, 5.74) is 2.75. The predicted molar refractivity (Wildman–Crippen MR) is 116 cm³/mol. The number of methoxy groups -OCH3 is 1. The highest BCUT2D eigenvalue weighted by molar-refractivity contribution is 7.14. The number of urea groups is 1. The predicted octanol–water partition coefficient (Wildman–Crippen LogP) is 4.94. The Morgan fingerprint density at radius 1 is 1.10 bits per heavy atom. The average molecular weight is 431 g/mol. The maximum atomic E-state index is 12.3. The number of anilines is 3. The molecule has 1 heterocycles. The topological polar surface area (TPSA) is 92.4 Å². The molecule has 0 aliphatic rings. The van der Waals surface area contributed by atoms with Crippen LogP contribution in [0.4, 0.5) is 21.3 Å². The molecule has 9 heteroatoms. The molecule has 3 aromatic rings. The quantitative estimate of drug-likeness (QED) is 0.516. The summed E-state index contributed by atoms with van der Waals surface area (Å²) in [5, 5.41) is 10.8. The number of carbonyl (C=O) groups is 2. The van der Waals surface area contributed by atoms with E-state index in [-0.39, 0.29) is 12.3 Å². The van der Waals surface area contributed by atoms with Crippen LogP contribution < -0.4 is 20.7 Å². The molecule has 0 radical (unpaired) electrons. The lowest BCUT2D eigenvalue weighted by atomic mass is 10.2. The van der Waals surface area contributed by atoms with E-state index in [0.29, 0.717) is 27.2 Å². The third-order valence-corrected chi connectivity index (χ3v) is 4.92. The van der Waals surface area contributed by atoms with Crippen LogP contribution in [0.3, 0.4) is 0 Å². The first kappa shape index (κ1) is 20.6. The van der Waals surface area contributed by atoms with E-state index in [0.717, 1.165) is 11.3 Å². The van der Waals surface area contributed by atoms with Crippen LogP contribution in [0, 0.1) is 6.92 Å². The summed E-state index contributed by atoms with van der Waals surface area (Å²) < 4.78 is 5.21. The number of aryl methyl sites for hydroxylation is 1. The standard InChI is InChI=1S/C20H19ClN4O3S/c1-12-8-15(6-7-17(12)28-2)22-18(26)10-16-11-29-20(24-16)25-19(27)23-14-5-3-4-13(21)9-14/h3-9,11H,10H2,1-2H3,(H,22,26)(H2,23,24,25,27). The fourth-order valence-electron chi connectivity index (χ4n) is 2.60. The zero-order chi connectivity index (χ0) is 20.8. The molecule has 7 nitrogen and oxygen atoms in total. The summed E-state index contributed by atoms with van der Waals surface area (Å²) in [5.74, 6) is 0.559. The molecule has 0 bridgehead atoms. The molecular weight excluding hydrogens is 412 g/mol. The molecule has 0 spiro atoms. The number of halogens is 1. The largest absolute Gasteiger partial charge is 0.496 e. The molecule has 2 aromatic carbocycles. The zero-order valence-corrected chi connectivity index (χ0v) is 17.4. The fourth-order valence-corrected chi connectivity index (χ4v) is 3.49. The Morgan fingerprint density at radius 2 is 1.90 bits per heavy atom. The number of nitrogens with one attached hydrogen (secondary N) is 3. The molecule has 0 aliphatic carbocycles. The lowest BCUT2D eigenvalue weighted by Gasteiger charge is -2.08. The van der Waals surface area contributed by atoms with Crippen LogP contribution in [-0.4, -0.2) is 24.0 Å². The minimum absolute atomic E-state index is 0.0964. The van der Waals surface area contributed by atoms with E-state index in [1.54, 1.807) is 48.9 Å². The van der Waals surface area contributed by atoms with E-state index in [2.05, 4.69) is 20.9 Å². The first-order valence-corrected chi connectivity index (χ1v) is 9.91. The van der Waals surface area contributed by atoms with Crippen molar-refractivity contribution in [2.75, 3.05) is 23.1 Å². The molecule has 0 fully saturated rings. The van der Waals surface area contributed by atoms with Crippen LogP contribution in [0.1, 0.15) is 11.3 Å². The summed E-state index contributed by atoms with van der Waals surface area (Å²) in [4.78, 5) is 28.6. The van der Waals surface area contributed by atoms with Gasteiger partial charge in [-0.3, -0.25) is 10.1 Å². The number of ether oxygens (including phenoxy) is 1. The van der Waals surface area contributed by atoms with Gasteiger partial charge in [-0.05, 0) is 48.9 Å². The first-order valence-electron chi connectivity index (χ1n) is 8.65. The molecule has 150 valence electrons. The summed E-state index contributed by atoms with van der Waals surface area (Å²) in [7, 11) is 1.60. The number of aromatic nitrogens is 1. The van der Waals surface area contributed by atoms with Crippen molar-refractivity contribution < 1.29 is 14.3 Å². The van der Waals surface area contributed by atoms with Crippen molar-refractivity contribution in [2.24, 2.45) is 0 Å². The van der Waals surface area contributed by atoms with E-state index in [1.807, 2.05) is 13.0 Å². The van der Waals surface area contributed by atoms with Gasteiger partial charge < -0.3 is 15.4 Å². The highest BCUT2D eigenvalue weighted by Gasteiger charge is 2.11. The Kier molecular flexibility index (Phi) is 6.69. The molecule has 29 heavy (non-hydrogen) atoms. The average Bonchev–Trinajstić information content (AvgIpc) is 3.08. The van der Waals surface area contributed by atoms with Crippen LogP contribution in [0.15, 0.2) is 47.8 Å². The normalized spacial score (nSPS) is 10.3. The molecule has 3 N–H and O–H groups in total. The van der Waals surface area contributed by atoms with E-state index >= 15 is 0 Å². The van der Waals surface area contributed by atoms with Gasteiger partial charge in [0.25, 0.3) is 0 Å². The maximum absolute atomic E-state index is 12.3. The number of nitrogens with zero attached hydrogens (tertiary/aromatic N) is 1. The van der Waals surface area contributed by atoms with Gasteiger partial charge >= 0.3 is 6.03 Å². The number of amides is 3. The Morgan fingerprint density at radius 3 is 2.62 bits per heavy atom. The monoisotopic (exact) mass is 430 g/mol. The van der Waals surface area contributed by atoms with Crippen LogP contribution in [0.2, 0.25) is 5.02 Å². The summed E-state index contributed by atoms with van der Waals surface area (Å²) >= 11 is 7.14. The number of benzene rings is 2. The third kappa shape index (κ3) is 5.94. The molecule has 0 saturated heterocycles. The van der Waals surface area contributed by atoms with Crippen LogP contribution >= 0.6 is 22.9 Å². The van der Waals surface area contributed by atoms with Gasteiger partial charge in [-0.25, -0.2) is 9.78 Å². The van der Waals surface area contributed by atoms with Crippen molar-refractivity contribution >= 4 is 51.4 Å². The van der Waals surface area contributed by atoms with Crippen molar-refractivity contribution in [3.05, 3.63) is 64.1 Å². The van der Waals surface area contributed by atoms with Gasteiger partial charge in [0, 0.05) is 21.8 Å². The van der Waals surface area contributed by atoms with Gasteiger partial charge in [0.05, 0.1) is 19.2 Å². The summed E-state index contributed by atoms with van der Waals surface area (Å²) in [6.07, 6.45) is 0.0964. The lowest BCUT2D eigenvalue weighted by molar-refractivity contribution is -0.115. The second kappa shape index (κ2) is 9.40. The number of rotatable bonds is 6. The molecule has 0 unspecified atom stereocenters. The van der Waals surface area contributed by atoms with E-state index in [9.17, 15) is 9.59 Å². The molecule has 0 saturated carbocycles. The maximum Gasteiger partial charge on any atom is 0.325 e. The second-order valence-corrected chi connectivity index (χ2v) is 7.44. The Balaban J connectivity index is 1.53. The van der Waals surface area contributed by atoms with Crippen molar-refractivity contribution in [3.63, 3.8) is 0 Å². The van der Waals surface area contributed by atoms with E-state index in [4.69, 9.17) is 16.3 Å². The fraction of sp³-hybridized carbons (Fsp3) is 0.150.